The van der Waals surface area contributed by atoms with Gasteiger partial charge in [-0.15, -0.1) is 0 Å². The van der Waals surface area contributed by atoms with Gasteiger partial charge in [0.2, 0.25) is 5.91 Å². The predicted molar refractivity (Wildman–Crippen MR) is 72.7 cm³/mol. The Morgan fingerprint density at radius 1 is 1.47 bits per heavy atom. The number of amides is 1. The summed E-state index contributed by atoms with van der Waals surface area (Å²) in [5.74, 6) is 1.38. The van der Waals surface area contributed by atoms with E-state index in [4.69, 9.17) is 0 Å². The van der Waals surface area contributed by atoms with Crippen molar-refractivity contribution in [2.75, 3.05) is 13.1 Å². The molecule has 0 aromatic carbocycles. The standard InChI is InChI=1S/C15H25NO/c1-13(2)12-16(14(3)17)11-7-10-15-8-5-4-6-9-15/h4-5,7,10,13,15H,6,8-9,11-12H2,1-3H3/b10-7+. The Bertz CT molecular complexity index is 291. The highest BCUT2D eigenvalue weighted by Crippen LogP contribution is 2.19. The summed E-state index contributed by atoms with van der Waals surface area (Å²) in [4.78, 5) is 13.4. The fourth-order valence-electron chi connectivity index (χ4n) is 2.14. The van der Waals surface area contributed by atoms with Gasteiger partial charge in [0.1, 0.15) is 0 Å². The number of allylic oxidation sites excluding steroid dienone is 3. The zero-order valence-electron chi connectivity index (χ0n) is 11.4. The number of carbonyl (C=O) groups is 1. The highest BCUT2D eigenvalue weighted by molar-refractivity contribution is 5.73. The molecule has 1 rings (SSSR count). The van der Waals surface area contributed by atoms with E-state index in [1.807, 2.05) is 4.90 Å². The minimum absolute atomic E-state index is 0.173. The lowest BCUT2D eigenvalue weighted by atomic mass is 9.94. The third-order valence-corrected chi connectivity index (χ3v) is 3.07. The third kappa shape index (κ3) is 5.71. The Balaban J connectivity index is 2.37. The van der Waals surface area contributed by atoms with Crippen LogP contribution in [0.25, 0.3) is 0 Å². The van der Waals surface area contributed by atoms with Crippen molar-refractivity contribution in [2.24, 2.45) is 11.8 Å². The molecule has 2 nitrogen and oxygen atoms in total. The van der Waals surface area contributed by atoms with E-state index in [-0.39, 0.29) is 5.91 Å². The predicted octanol–water partition coefficient (Wildman–Crippen LogP) is 3.40. The number of nitrogens with zero attached hydrogens (tertiary/aromatic N) is 1. The van der Waals surface area contributed by atoms with Gasteiger partial charge in [0, 0.05) is 20.0 Å². The van der Waals surface area contributed by atoms with E-state index in [0.29, 0.717) is 11.8 Å². The van der Waals surface area contributed by atoms with Gasteiger partial charge in [-0.25, -0.2) is 0 Å². The molecule has 0 N–H and O–H groups in total. The highest BCUT2D eigenvalue weighted by atomic mass is 16.2. The van der Waals surface area contributed by atoms with Crippen molar-refractivity contribution in [3.8, 4) is 0 Å². The average molecular weight is 235 g/mol. The van der Waals surface area contributed by atoms with E-state index in [0.717, 1.165) is 19.5 Å². The summed E-state index contributed by atoms with van der Waals surface area (Å²) in [6.07, 6.45) is 12.5. The van der Waals surface area contributed by atoms with Crippen molar-refractivity contribution >= 4 is 5.91 Å². The van der Waals surface area contributed by atoms with Crippen LogP contribution in [-0.2, 0) is 4.79 Å². The summed E-state index contributed by atoms with van der Waals surface area (Å²) in [5, 5.41) is 0. The first-order valence-corrected chi connectivity index (χ1v) is 6.66. The summed E-state index contributed by atoms with van der Waals surface area (Å²) in [6, 6.07) is 0. The molecule has 1 unspecified atom stereocenters. The Morgan fingerprint density at radius 3 is 2.76 bits per heavy atom. The zero-order chi connectivity index (χ0) is 12.7. The summed E-state index contributed by atoms with van der Waals surface area (Å²) in [7, 11) is 0. The first kappa shape index (κ1) is 14.0. The molecular formula is C15H25NO. The summed E-state index contributed by atoms with van der Waals surface area (Å²) < 4.78 is 0. The Morgan fingerprint density at radius 2 is 2.24 bits per heavy atom. The van der Waals surface area contributed by atoms with E-state index >= 15 is 0 Å². The average Bonchev–Trinajstić information content (AvgIpc) is 2.28. The Labute approximate surface area is 105 Å². The molecule has 1 aliphatic rings. The monoisotopic (exact) mass is 235 g/mol. The molecule has 1 atom stereocenters. The summed E-state index contributed by atoms with van der Waals surface area (Å²) >= 11 is 0. The van der Waals surface area contributed by atoms with Crippen LogP contribution in [0, 0.1) is 11.8 Å². The number of rotatable bonds is 5. The maximum Gasteiger partial charge on any atom is 0.219 e. The van der Waals surface area contributed by atoms with Crippen LogP contribution in [0.5, 0.6) is 0 Å². The van der Waals surface area contributed by atoms with Crippen LogP contribution in [-0.4, -0.2) is 23.9 Å². The van der Waals surface area contributed by atoms with Crippen LogP contribution in [0.2, 0.25) is 0 Å². The normalized spacial score (nSPS) is 20.1. The summed E-state index contributed by atoms with van der Waals surface area (Å²) in [5.41, 5.74) is 0. The molecule has 0 saturated heterocycles. The molecule has 0 heterocycles. The summed E-state index contributed by atoms with van der Waals surface area (Å²) in [6.45, 7) is 7.55. The second-order valence-corrected chi connectivity index (χ2v) is 5.29. The first-order valence-electron chi connectivity index (χ1n) is 6.66. The van der Waals surface area contributed by atoms with Crippen LogP contribution < -0.4 is 0 Å². The second-order valence-electron chi connectivity index (χ2n) is 5.29. The Kier molecular flexibility index (Phi) is 6.03. The minimum atomic E-state index is 0.173. The van der Waals surface area contributed by atoms with Crippen molar-refractivity contribution in [2.45, 2.75) is 40.0 Å². The fraction of sp³-hybridized carbons (Fsp3) is 0.667. The molecular weight excluding hydrogens is 210 g/mol. The van der Waals surface area contributed by atoms with Crippen LogP contribution in [0.1, 0.15) is 40.0 Å². The lowest BCUT2D eigenvalue weighted by Gasteiger charge is -2.22. The van der Waals surface area contributed by atoms with Gasteiger partial charge in [-0.2, -0.15) is 0 Å². The van der Waals surface area contributed by atoms with Gasteiger partial charge < -0.3 is 4.90 Å². The maximum atomic E-state index is 11.4. The van der Waals surface area contributed by atoms with Gasteiger partial charge >= 0.3 is 0 Å². The van der Waals surface area contributed by atoms with E-state index in [1.54, 1.807) is 6.92 Å². The smallest absolute Gasteiger partial charge is 0.219 e. The van der Waals surface area contributed by atoms with E-state index < -0.39 is 0 Å². The molecule has 0 spiro atoms. The molecule has 0 aliphatic heterocycles. The molecule has 0 fully saturated rings. The van der Waals surface area contributed by atoms with Crippen molar-refractivity contribution in [1.29, 1.82) is 0 Å². The lowest BCUT2D eigenvalue weighted by Crippen LogP contribution is -2.32. The van der Waals surface area contributed by atoms with E-state index in [1.165, 1.54) is 12.8 Å². The van der Waals surface area contributed by atoms with Crippen molar-refractivity contribution in [3.05, 3.63) is 24.3 Å². The molecule has 96 valence electrons. The van der Waals surface area contributed by atoms with E-state index in [2.05, 4.69) is 38.2 Å². The molecule has 0 radical (unpaired) electrons. The van der Waals surface area contributed by atoms with Gasteiger partial charge in [-0.05, 0) is 31.1 Å². The third-order valence-electron chi connectivity index (χ3n) is 3.07. The largest absolute Gasteiger partial charge is 0.339 e. The number of carbonyl (C=O) groups excluding carboxylic acids is 1. The molecule has 0 bridgehead atoms. The second kappa shape index (κ2) is 7.31. The lowest BCUT2D eigenvalue weighted by molar-refractivity contribution is -0.128. The number of hydrogen-bond donors (Lipinski definition) is 0. The molecule has 0 aromatic heterocycles. The number of hydrogen-bond acceptors (Lipinski definition) is 1. The van der Waals surface area contributed by atoms with Gasteiger partial charge in [-0.3, -0.25) is 4.79 Å². The van der Waals surface area contributed by atoms with Crippen LogP contribution in [0.4, 0.5) is 0 Å². The molecule has 1 aliphatic carbocycles. The van der Waals surface area contributed by atoms with Crippen molar-refractivity contribution in [3.63, 3.8) is 0 Å². The van der Waals surface area contributed by atoms with Gasteiger partial charge in [-0.1, -0.05) is 38.2 Å². The van der Waals surface area contributed by atoms with Crippen LogP contribution in [0.15, 0.2) is 24.3 Å². The quantitative estimate of drug-likeness (QED) is 0.669. The van der Waals surface area contributed by atoms with Crippen LogP contribution in [0.3, 0.4) is 0 Å². The fourth-order valence-corrected chi connectivity index (χ4v) is 2.14. The minimum Gasteiger partial charge on any atom is -0.339 e. The van der Waals surface area contributed by atoms with Gasteiger partial charge in [0.15, 0.2) is 0 Å². The van der Waals surface area contributed by atoms with Gasteiger partial charge in [0.05, 0.1) is 0 Å². The maximum absolute atomic E-state index is 11.4. The van der Waals surface area contributed by atoms with Crippen LogP contribution >= 0.6 is 0 Å². The zero-order valence-corrected chi connectivity index (χ0v) is 11.4. The molecule has 0 aromatic rings. The molecule has 17 heavy (non-hydrogen) atoms. The Hall–Kier alpha value is -1.05. The first-order chi connectivity index (χ1) is 8.09. The topological polar surface area (TPSA) is 20.3 Å². The van der Waals surface area contributed by atoms with Crippen molar-refractivity contribution in [1.82, 2.24) is 4.90 Å². The van der Waals surface area contributed by atoms with E-state index in [9.17, 15) is 4.79 Å². The SMILES string of the molecule is CC(=O)N(C/C=C/C1CC=CCC1)CC(C)C. The van der Waals surface area contributed by atoms with Gasteiger partial charge in [0.25, 0.3) is 0 Å². The molecule has 0 saturated carbocycles. The molecule has 2 heteroatoms. The molecule has 1 amide bonds. The van der Waals surface area contributed by atoms with Crippen molar-refractivity contribution < 1.29 is 4.79 Å². The highest BCUT2D eigenvalue weighted by Gasteiger charge is 2.09.